The second kappa shape index (κ2) is 7.09. The molecule has 17 heavy (non-hydrogen) atoms. The summed E-state index contributed by atoms with van der Waals surface area (Å²) in [5.74, 6) is 0.0380. The minimum Gasteiger partial charge on any atom is -0.351 e. The average molecular weight is 430 g/mol. The highest BCUT2D eigenvalue weighted by molar-refractivity contribution is 14.1. The zero-order valence-corrected chi connectivity index (χ0v) is 14.6. The molecule has 0 radical (unpaired) electrons. The fraction of sp³-hybridized carbons (Fsp3) is 0.583. The highest BCUT2D eigenvalue weighted by Gasteiger charge is 2.18. The third kappa shape index (κ3) is 5.70. The van der Waals surface area contributed by atoms with E-state index < -0.39 is 0 Å². The lowest BCUT2D eigenvalue weighted by molar-refractivity contribution is 0.0935. The van der Waals surface area contributed by atoms with Crippen LogP contribution in [0.1, 0.15) is 37.0 Å². The molecule has 1 heterocycles. The maximum absolute atomic E-state index is 11.9. The first kappa shape index (κ1) is 15.4. The van der Waals surface area contributed by atoms with Crippen molar-refractivity contribution in [1.29, 1.82) is 0 Å². The van der Waals surface area contributed by atoms with Crippen molar-refractivity contribution in [1.82, 2.24) is 5.32 Å². The van der Waals surface area contributed by atoms with E-state index >= 15 is 0 Å². The van der Waals surface area contributed by atoms with E-state index in [0.717, 1.165) is 33.2 Å². The molecule has 0 aromatic carbocycles. The van der Waals surface area contributed by atoms with Gasteiger partial charge in [-0.2, -0.15) is 0 Å². The molecule has 1 N–H and O–H groups in total. The van der Waals surface area contributed by atoms with Crippen LogP contribution in [0.3, 0.4) is 0 Å². The summed E-state index contributed by atoms with van der Waals surface area (Å²) in [5, 5.41) is 5.94. The number of hydrogen-bond donors (Lipinski definition) is 1. The van der Waals surface area contributed by atoms with Crippen LogP contribution in [0.4, 0.5) is 0 Å². The molecule has 0 bridgehead atoms. The number of halogens is 2. The molecule has 1 aromatic heterocycles. The topological polar surface area (TPSA) is 29.1 Å². The molecule has 5 heteroatoms. The van der Waals surface area contributed by atoms with Gasteiger partial charge in [0.2, 0.25) is 0 Å². The Morgan fingerprint density at radius 1 is 1.59 bits per heavy atom. The molecule has 0 unspecified atom stereocenters. The van der Waals surface area contributed by atoms with Gasteiger partial charge in [-0.15, -0.1) is 11.3 Å². The van der Waals surface area contributed by atoms with Gasteiger partial charge in [0, 0.05) is 17.3 Å². The summed E-state index contributed by atoms with van der Waals surface area (Å²) in [7, 11) is 0. The zero-order chi connectivity index (χ0) is 12.9. The predicted molar refractivity (Wildman–Crippen MR) is 86.2 cm³/mol. The highest BCUT2D eigenvalue weighted by atomic mass is 127. The Morgan fingerprint density at radius 3 is 2.82 bits per heavy atom. The Morgan fingerprint density at radius 2 is 2.29 bits per heavy atom. The number of thiophene rings is 1. The summed E-state index contributed by atoms with van der Waals surface area (Å²) in [4.78, 5) is 11.9. The average Bonchev–Trinajstić information content (AvgIpc) is 2.70. The molecule has 2 nitrogen and oxygen atoms in total. The molecule has 96 valence electrons. The summed E-state index contributed by atoms with van der Waals surface area (Å²) in [6, 6.07) is 1.92. The number of amides is 1. The largest absolute Gasteiger partial charge is 0.351 e. The molecule has 0 aliphatic heterocycles. The van der Waals surface area contributed by atoms with Gasteiger partial charge >= 0.3 is 0 Å². The van der Waals surface area contributed by atoms with E-state index in [4.69, 9.17) is 0 Å². The third-order valence-electron chi connectivity index (χ3n) is 2.54. The second-order valence-corrected chi connectivity index (χ2v) is 8.38. The van der Waals surface area contributed by atoms with Gasteiger partial charge in [0.15, 0.2) is 0 Å². The minimum absolute atomic E-state index is 0.0380. The van der Waals surface area contributed by atoms with Crippen molar-refractivity contribution < 1.29 is 4.79 Å². The summed E-state index contributed by atoms with van der Waals surface area (Å²) in [5.41, 5.74) is 0.933. The maximum atomic E-state index is 11.9. The van der Waals surface area contributed by atoms with Gasteiger partial charge in [-0.05, 0) is 46.9 Å². The lowest BCUT2D eigenvalue weighted by atomic mass is 9.88. The Bertz CT molecular complexity index is 378. The first-order chi connectivity index (χ1) is 7.94. The summed E-state index contributed by atoms with van der Waals surface area (Å²) in [6.07, 6.45) is 2.25. The van der Waals surface area contributed by atoms with Gasteiger partial charge in [0.05, 0.1) is 8.45 Å². The maximum Gasteiger partial charge on any atom is 0.252 e. The Kier molecular flexibility index (Phi) is 6.44. The van der Waals surface area contributed by atoms with E-state index in [-0.39, 0.29) is 11.3 Å². The van der Waals surface area contributed by atoms with Gasteiger partial charge in [0.1, 0.15) is 0 Å². The van der Waals surface area contributed by atoms with Crippen LogP contribution < -0.4 is 5.32 Å². The van der Waals surface area contributed by atoms with E-state index in [9.17, 15) is 4.79 Å². The van der Waals surface area contributed by atoms with Crippen LogP contribution in [0.15, 0.2) is 11.4 Å². The normalized spacial score (nSPS) is 11.5. The summed E-state index contributed by atoms with van der Waals surface area (Å²) < 4.78 is 1.14. The van der Waals surface area contributed by atoms with E-state index in [1.54, 1.807) is 11.3 Å². The van der Waals surface area contributed by atoms with Crippen molar-refractivity contribution in [3.63, 3.8) is 0 Å². The fourth-order valence-electron chi connectivity index (χ4n) is 1.48. The van der Waals surface area contributed by atoms with Crippen molar-refractivity contribution in [3.05, 3.63) is 19.9 Å². The number of hydrogen-bond acceptors (Lipinski definition) is 2. The molecule has 1 rings (SSSR count). The van der Waals surface area contributed by atoms with Crippen molar-refractivity contribution >= 4 is 55.8 Å². The van der Waals surface area contributed by atoms with Crippen LogP contribution >= 0.6 is 49.9 Å². The van der Waals surface area contributed by atoms with E-state index in [1.165, 1.54) is 0 Å². The SMILES string of the molecule is CC(C)(CCCBr)CNC(=O)c1csc(I)c1. The van der Waals surface area contributed by atoms with Gasteiger partial charge in [-0.1, -0.05) is 29.8 Å². The van der Waals surface area contributed by atoms with Crippen LogP contribution in [-0.2, 0) is 0 Å². The lowest BCUT2D eigenvalue weighted by Crippen LogP contribution is -2.33. The zero-order valence-electron chi connectivity index (χ0n) is 10.1. The number of carbonyl (C=O) groups is 1. The fourth-order valence-corrected chi connectivity index (χ4v) is 3.09. The van der Waals surface area contributed by atoms with Crippen molar-refractivity contribution in [3.8, 4) is 0 Å². The molecule has 0 fully saturated rings. The molecule has 0 saturated carbocycles. The Balaban J connectivity index is 2.42. The van der Waals surface area contributed by atoms with Gasteiger partial charge < -0.3 is 5.32 Å². The molecule has 0 aliphatic carbocycles. The van der Waals surface area contributed by atoms with Crippen LogP contribution in [0.5, 0.6) is 0 Å². The summed E-state index contributed by atoms with van der Waals surface area (Å²) in [6.45, 7) is 5.10. The number of carbonyl (C=O) groups excluding carboxylic acids is 1. The lowest BCUT2D eigenvalue weighted by Gasteiger charge is -2.24. The standard InChI is InChI=1S/C12H17BrINOS/c1-12(2,4-3-5-13)8-15-11(16)9-6-10(14)17-7-9/h6-7H,3-5,8H2,1-2H3,(H,15,16). The van der Waals surface area contributed by atoms with Gasteiger partial charge in [-0.3, -0.25) is 4.79 Å². The number of rotatable bonds is 6. The smallest absolute Gasteiger partial charge is 0.252 e. The highest BCUT2D eigenvalue weighted by Crippen LogP contribution is 2.22. The quantitative estimate of drug-likeness (QED) is 0.530. The molecule has 0 aliphatic rings. The first-order valence-corrected chi connectivity index (χ1v) is 8.61. The number of alkyl halides is 1. The second-order valence-electron chi connectivity index (χ2n) is 4.78. The summed E-state index contributed by atoms with van der Waals surface area (Å²) >= 11 is 7.26. The van der Waals surface area contributed by atoms with Gasteiger partial charge in [-0.25, -0.2) is 0 Å². The molecule has 0 saturated heterocycles. The molecular weight excluding hydrogens is 413 g/mol. The molecule has 0 atom stereocenters. The van der Waals surface area contributed by atoms with E-state index in [1.807, 2.05) is 11.4 Å². The van der Waals surface area contributed by atoms with Crippen LogP contribution in [0.2, 0.25) is 0 Å². The van der Waals surface area contributed by atoms with Crippen molar-refractivity contribution in [2.45, 2.75) is 26.7 Å². The number of nitrogens with one attached hydrogen (secondary N) is 1. The van der Waals surface area contributed by atoms with Crippen LogP contribution in [-0.4, -0.2) is 17.8 Å². The van der Waals surface area contributed by atoms with E-state index in [2.05, 4.69) is 57.7 Å². The Hall–Kier alpha value is 0.380. The predicted octanol–water partition coefficient (Wildman–Crippen LogP) is 4.28. The van der Waals surface area contributed by atoms with Crippen LogP contribution in [0, 0.1) is 8.30 Å². The van der Waals surface area contributed by atoms with E-state index in [0.29, 0.717) is 0 Å². The molecule has 1 amide bonds. The first-order valence-electron chi connectivity index (χ1n) is 5.53. The third-order valence-corrected chi connectivity index (χ3v) is 4.89. The van der Waals surface area contributed by atoms with Crippen molar-refractivity contribution in [2.75, 3.05) is 11.9 Å². The molecular formula is C12H17BrINOS. The van der Waals surface area contributed by atoms with Crippen molar-refractivity contribution in [2.24, 2.45) is 5.41 Å². The van der Waals surface area contributed by atoms with Gasteiger partial charge in [0.25, 0.3) is 5.91 Å². The minimum atomic E-state index is 0.0380. The molecule has 0 spiro atoms. The Labute approximate surface area is 129 Å². The monoisotopic (exact) mass is 429 g/mol. The molecule has 1 aromatic rings. The van der Waals surface area contributed by atoms with Crippen LogP contribution in [0.25, 0.3) is 0 Å².